The number of non-ortho nitro benzene ring substituents is 1. The Balaban J connectivity index is 2.83. The number of hydrogen-bond acceptors (Lipinski definition) is 9. The van der Waals surface area contributed by atoms with Crippen molar-refractivity contribution in [3.05, 3.63) is 34.4 Å². The zero-order valence-electron chi connectivity index (χ0n) is 11.7. The summed E-state index contributed by atoms with van der Waals surface area (Å²) in [5.41, 5.74) is -0.493. The summed E-state index contributed by atoms with van der Waals surface area (Å²) in [4.78, 5) is 30.0. The van der Waals surface area contributed by atoms with Crippen LogP contribution < -0.4 is 0 Å². The van der Waals surface area contributed by atoms with Gasteiger partial charge in [0.2, 0.25) is 0 Å². The summed E-state index contributed by atoms with van der Waals surface area (Å²) >= 11 is 0. The standard InChI is InChI=1S/C11H11NO11S/c13-10(14)21-5-8(23-11(15)16)6-22-24(19,20)9-3-1-2-7(4-9)12(17)18/h1-4,8H,5-6H2,(H,13,14)(H,15,16). The highest BCUT2D eigenvalue weighted by atomic mass is 32.2. The van der Waals surface area contributed by atoms with Crippen LogP contribution in [-0.4, -0.2) is 55.2 Å². The van der Waals surface area contributed by atoms with Crippen molar-refractivity contribution in [2.45, 2.75) is 11.0 Å². The normalized spacial score (nSPS) is 12.2. The van der Waals surface area contributed by atoms with Crippen molar-refractivity contribution < 1.29 is 46.8 Å². The molecule has 0 heterocycles. The maximum Gasteiger partial charge on any atom is 0.506 e. The van der Waals surface area contributed by atoms with E-state index in [4.69, 9.17) is 10.2 Å². The molecule has 2 N–H and O–H groups in total. The molecule has 1 atom stereocenters. The molecule has 0 saturated heterocycles. The third kappa shape index (κ3) is 6.05. The fourth-order valence-electron chi connectivity index (χ4n) is 1.41. The van der Waals surface area contributed by atoms with Crippen LogP contribution in [0.1, 0.15) is 0 Å². The van der Waals surface area contributed by atoms with Gasteiger partial charge in [0.1, 0.15) is 18.1 Å². The van der Waals surface area contributed by atoms with Crippen molar-refractivity contribution in [1.82, 2.24) is 0 Å². The lowest BCUT2D eigenvalue weighted by Crippen LogP contribution is -2.30. The maximum atomic E-state index is 11.9. The first-order chi connectivity index (χ1) is 11.1. The van der Waals surface area contributed by atoms with Crippen molar-refractivity contribution in [3.8, 4) is 0 Å². The van der Waals surface area contributed by atoms with Crippen LogP contribution in [0, 0.1) is 10.1 Å². The van der Waals surface area contributed by atoms with E-state index in [-0.39, 0.29) is 0 Å². The van der Waals surface area contributed by atoms with Crippen LogP contribution in [-0.2, 0) is 23.8 Å². The van der Waals surface area contributed by atoms with Gasteiger partial charge in [-0.2, -0.15) is 8.42 Å². The first kappa shape index (κ1) is 19.1. The van der Waals surface area contributed by atoms with Gasteiger partial charge < -0.3 is 19.7 Å². The molecule has 0 aliphatic carbocycles. The molecule has 24 heavy (non-hydrogen) atoms. The zero-order valence-corrected chi connectivity index (χ0v) is 12.5. The smallest absolute Gasteiger partial charge is 0.450 e. The Kier molecular flexibility index (Phi) is 6.43. The van der Waals surface area contributed by atoms with Crippen molar-refractivity contribution >= 4 is 28.1 Å². The minimum absolute atomic E-state index is 0.493. The van der Waals surface area contributed by atoms with Gasteiger partial charge in [0.25, 0.3) is 15.8 Å². The van der Waals surface area contributed by atoms with E-state index in [1.165, 1.54) is 0 Å². The third-order valence-electron chi connectivity index (χ3n) is 2.39. The molecular weight excluding hydrogens is 354 g/mol. The summed E-state index contributed by atoms with van der Waals surface area (Å²) in [5.74, 6) is 0. The lowest BCUT2D eigenvalue weighted by atomic mass is 10.3. The molecule has 0 spiro atoms. The number of carboxylic acid groups (broad SMARTS) is 2. The second-order valence-corrected chi connectivity index (χ2v) is 5.69. The zero-order chi connectivity index (χ0) is 18.3. The average Bonchev–Trinajstić information content (AvgIpc) is 2.49. The second-order valence-electron chi connectivity index (χ2n) is 4.08. The van der Waals surface area contributed by atoms with Crippen molar-refractivity contribution in [3.63, 3.8) is 0 Å². The molecule has 12 nitrogen and oxygen atoms in total. The van der Waals surface area contributed by atoms with Gasteiger partial charge >= 0.3 is 12.3 Å². The van der Waals surface area contributed by atoms with Crippen molar-refractivity contribution in [1.29, 1.82) is 0 Å². The van der Waals surface area contributed by atoms with E-state index in [9.17, 15) is 28.1 Å². The molecule has 0 fully saturated rings. The highest BCUT2D eigenvalue weighted by Crippen LogP contribution is 2.19. The Morgan fingerprint density at radius 2 is 1.88 bits per heavy atom. The minimum Gasteiger partial charge on any atom is -0.450 e. The number of hydrogen-bond donors (Lipinski definition) is 2. The highest BCUT2D eigenvalue weighted by Gasteiger charge is 2.23. The summed E-state index contributed by atoms with van der Waals surface area (Å²) in [6.45, 7) is -1.68. The van der Waals surface area contributed by atoms with Crippen molar-refractivity contribution in [2.24, 2.45) is 0 Å². The average molecular weight is 365 g/mol. The number of nitro benzene ring substituents is 1. The summed E-state index contributed by atoms with van der Waals surface area (Å²) in [5, 5.41) is 27.5. The Labute approximate surface area is 134 Å². The fraction of sp³-hybridized carbons (Fsp3) is 0.273. The molecule has 1 unspecified atom stereocenters. The molecule has 0 aliphatic rings. The number of ether oxygens (including phenoxy) is 2. The van der Waals surface area contributed by atoms with Crippen LogP contribution in [0.5, 0.6) is 0 Å². The topological polar surface area (TPSA) is 180 Å². The van der Waals surface area contributed by atoms with Crippen LogP contribution in [0.3, 0.4) is 0 Å². The second kappa shape index (κ2) is 8.07. The minimum atomic E-state index is -4.47. The molecule has 0 amide bonds. The third-order valence-corrected chi connectivity index (χ3v) is 3.66. The van der Waals surface area contributed by atoms with Crippen molar-refractivity contribution in [2.75, 3.05) is 13.2 Å². The van der Waals surface area contributed by atoms with E-state index in [0.29, 0.717) is 0 Å². The van der Waals surface area contributed by atoms with Gasteiger partial charge in [-0.25, -0.2) is 9.59 Å². The first-order valence-electron chi connectivity index (χ1n) is 6.01. The van der Waals surface area contributed by atoms with Gasteiger partial charge in [0, 0.05) is 12.1 Å². The first-order valence-corrected chi connectivity index (χ1v) is 7.42. The monoisotopic (exact) mass is 365 g/mol. The molecule has 0 saturated carbocycles. The molecule has 132 valence electrons. The molecule has 0 bridgehead atoms. The number of carbonyl (C=O) groups is 2. The maximum absolute atomic E-state index is 11.9. The molecule has 0 radical (unpaired) electrons. The predicted molar refractivity (Wildman–Crippen MR) is 73.1 cm³/mol. The lowest BCUT2D eigenvalue weighted by molar-refractivity contribution is -0.385. The molecule has 13 heteroatoms. The van der Waals surface area contributed by atoms with E-state index in [0.717, 1.165) is 24.3 Å². The number of nitro groups is 1. The van der Waals surface area contributed by atoms with E-state index in [1.807, 2.05) is 0 Å². The summed E-state index contributed by atoms with van der Waals surface area (Å²) in [7, 11) is -4.47. The molecule has 0 aromatic heterocycles. The van der Waals surface area contributed by atoms with Crippen LogP contribution >= 0.6 is 0 Å². The molecule has 1 aromatic rings. The highest BCUT2D eigenvalue weighted by molar-refractivity contribution is 7.86. The fourth-order valence-corrected chi connectivity index (χ4v) is 2.39. The lowest BCUT2D eigenvalue weighted by Gasteiger charge is -2.15. The summed E-state index contributed by atoms with van der Waals surface area (Å²) in [6.07, 6.45) is -5.08. The van der Waals surface area contributed by atoms with Crippen LogP contribution in [0.2, 0.25) is 0 Å². The van der Waals surface area contributed by atoms with E-state index >= 15 is 0 Å². The van der Waals surface area contributed by atoms with Gasteiger partial charge in [0.05, 0.1) is 4.92 Å². The van der Waals surface area contributed by atoms with Crippen LogP contribution in [0.25, 0.3) is 0 Å². The summed E-state index contributed by atoms with van der Waals surface area (Å²) < 4.78 is 36.7. The molecule has 0 aliphatic heterocycles. The molecule has 1 aromatic carbocycles. The quantitative estimate of drug-likeness (QED) is 0.291. The Morgan fingerprint density at radius 3 is 2.42 bits per heavy atom. The summed E-state index contributed by atoms with van der Waals surface area (Å²) in [6, 6.07) is 3.96. The number of rotatable bonds is 8. The van der Waals surface area contributed by atoms with E-state index < -0.39 is 57.3 Å². The molecular formula is C11H11NO11S. The van der Waals surface area contributed by atoms with E-state index in [2.05, 4.69) is 13.7 Å². The largest absolute Gasteiger partial charge is 0.506 e. The van der Waals surface area contributed by atoms with Gasteiger partial charge in [-0.15, -0.1) is 0 Å². The van der Waals surface area contributed by atoms with E-state index in [1.54, 1.807) is 0 Å². The van der Waals surface area contributed by atoms with Gasteiger partial charge in [-0.3, -0.25) is 14.3 Å². The number of benzene rings is 1. The predicted octanol–water partition coefficient (Wildman–Crippen LogP) is 1.06. The Morgan fingerprint density at radius 1 is 1.21 bits per heavy atom. The van der Waals surface area contributed by atoms with Gasteiger partial charge in [-0.1, -0.05) is 6.07 Å². The van der Waals surface area contributed by atoms with Crippen LogP contribution in [0.4, 0.5) is 15.3 Å². The Bertz CT molecular complexity index is 729. The van der Waals surface area contributed by atoms with Crippen LogP contribution in [0.15, 0.2) is 29.2 Å². The number of nitrogens with zero attached hydrogens (tertiary/aromatic N) is 1. The van der Waals surface area contributed by atoms with Gasteiger partial charge in [0.15, 0.2) is 6.10 Å². The Hall–Kier alpha value is -2.93. The van der Waals surface area contributed by atoms with Gasteiger partial charge in [-0.05, 0) is 6.07 Å². The SMILES string of the molecule is O=C(O)OCC(COS(=O)(=O)c1cccc([N+](=O)[O-])c1)OC(=O)O. The molecule has 1 rings (SSSR count).